The lowest BCUT2D eigenvalue weighted by atomic mass is 10.0. The summed E-state index contributed by atoms with van der Waals surface area (Å²) in [5.74, 6) is -0.415. The molecule has 0 saturated heterocycles. The Hall–Kier alpha value is -3.48. The van der Waals surface area contributed by atoms with Crippen LogP contribution in [-0.4, -0.2) is 28.1 Å². The molecule has 0 fully saturated rings. The number of carbonyl (C=O) groups excluding carboxylic acids is 2. The van der Waals surface area contributed by atoms with Crippen molar-refractivity contribution in [3.05, 3.63) is 71.6 Å². The van der Waals surface area contributed by atoms with Gasteiger partial charge in [-0.1, -0.05) is 61.5 Å². The van der Waals surface area contributed by atoms with E-state index < -0.39 is 12.0 Å². The van der Waals surface area contributed by atoms with Gasteiger partial charge in [0.15, 0.2) is 6.61 Å². The van der Waals surface area contributed by atoms with Gasteiger partial charge in [0, 0.05) is 11.1 Å². The number of amides is 1. The third-order valence-electron chi connectivity index (χ3n) is 4.44. The van der Waals surface area contributed by atoms with Crippen LogP contribution in [0.3, 0.4) is 0 Å². The van der Waals surface area contributed by atoms with Crippen molar-refractivity contribution in [1.29, 1.82) is 0 Å². The van der Waals surface area contributed by atoms with Crippen LogP contribution in [0.15, 0.2) is 59.1 Å². The summed E-state index contributed by atoms with van der Waals surface area (Å²) in [6, 6.07) is 15.6. The van der Waals surface area contributed by atoms with Gasteiger partial charge in [-0.25, -0.2) is 4.79 Å². The second-order valence-corrected chi connectivity index (χ2v) is 7.00. The van der Waals surface area contributed by atoms with Crippen LogP contribution in [-0.2, 0) is 16.1 Å². The summed E-state index contributed by atoms with van der Waals surface area (Å²) in [6.07, 6.45) is 0. The van der Waals surface area contributed by atoms with Crippen LogP contribution in [0, 0.1) is 12.8 Å². The Bertz CT molecular complexity index is 982. The normalized spacial score (nSPS) is 11.9. The van der Waals surface area contributed by atoms with Crippen molar-refractivity contribution in [1.82, 2.24) is 15.5 Å². The summed E-state index contributed by atoms with van der Waals surface area (Å²) in [7, 11) is 0. The summed E-state index contributed by atoms with van der Waals surface area (Å²) in [4.78, 5) is 29.2. The van der Waals surface area contributed by atoms with Gasteiger partial charge in [-0.05, 0) is 30.5 Å². The molecule has 3 aromatic rings. The predicted molar refractivity (Wildman–Crippen MR) is 107 cm³/mol. The minimum Gasteiger partial charge on any atom is -0.454 e. The lowest BCUT2D eigenvalue weighted by molar-refractivity contribution is -0.149. The molecule has 0 radical (unpaired) electrons. The highest BCUT2D eigenvalue weighted by Gasteiger charge is 2.26. The van der Waals surface area contributed by atoms with E-state index in [0.29, 0.717) is 11.4 Å². The average molecular weight is 393 g/mol. The zero-order chi connectivity index (χ0) is 20.8. The van der Waals surface area contributed by atoms with Crippen LogP contribution >= 0.6 is 0 Å². The van der Waals surface area contributed by atoms with Gasteiger partial charge in [-0.15, -0.1) is 0 Å². The Kier molecular flexibility index (Phi) is 6.39. The van der Waals surface area contributed by atoms with E-state index in [9.17, 15) is 9.59 Å². The van der Waals surface area contributed by atoms with Crippen molar-refractivity contribution < 1.29 is 18.8 Å². The Morgan fingerprint density at radius 3 is 2.45 bits per heavy atom. The maximum Gasteiger partial charge on any atom is 0.329 e. The molecule has 0 aliphatic rings. The molecule has 7 nitrogen and oxygen atoms in total. The molecule has 7 heteroatoms. The third kappa shape index (κ3) is 5.07. The first-order valence-corrected chi connectivity index (χ1v) is 9.37. The average Bonchev–Trinajstić information content (AvgIpc) is 3.19. The lowest BCUT2D eigenvalue weighted by Gasteiger charge is -2.20. The molecule has 29 heavy (non-hydrogen) atoms. The Morgan fingerprint density at radius 2 is 1.76 bits per heavy atom. The van der Waals surface area contributed by atoms with Crippen LogP contribution in [0.1, 0.15) is 35.7 Å². The van der Waals surface area contributed by atoms with Crippen LogP contribution in [0.2, 0.25) is 0 Å². The van der Waals surface area contributed by atoms with Crippen LogP contribution < -0.4 is 5.32 Å². The van der Waals surface area contributed by atoms with Crippen molar-refractivity contribution >= 4 is 11.9 Å². The number of hydrogen-bond donors (Lipinski definition) is 1. The molecule has 3 rings (SSSR count). The molecule has 2 aromatic carbocycles. The van der Waals surface area contributed by atoms with Crippen LogP contribution in [0.5, 0.6) is 0 Å². The van der Waals surface area contributed by atoms with E-state index in [2.05, 4.69) is 15.5 Å². The van der Waals surface area contributed by atoms with Gasteiger partial charge in [-0.2, -0.15) is 4.98 Å². The molecular weight excluding hydrogens is 370 g/mol. The number of benzene rings is 2. The van der Waals surface area contributed by atoms with Gasteiger partial charge in [-0.3, -0.25) is 4.79 Å². The van der Waals surface area contributed by atoms with Crippen molar-refractivity contribution in [2.75, 3.05) is 0 Å². The van der Waals surface area contributed by atoms with Crippen LogP contribution in [0.4, 0.5) is 0 Å². The standard InChI is InChI=1S/C22H23N3O4/c1-14(2)19(24-21(26)16-10-5-4-6-11-16)22(27)28-13-18-23-20(25-29-18)17-12-8-7-9-15(17)3/h4-12,14,19H,13H2,1-3H3,(H,24,26)/t19-/m0/s1. The second kappa shape index (κ2) is 9.14. The largest absolute Gasteiger partial charge is 0.454 e. The molecule has 1 heterocycles. The van der Waals surface area contributed by atoms with E-state index in [1.54, 1.807) is 24.3 Å². The molecule has 0 aliphatic carbocycles. The maximum absolute atomic E-state index is 12.5. The highest BCUT2D eigenvalue weighted by molar-refractivity contribution is 5.96. The van der Waals surface area contributed by atoms with E-state index in [-0.39, 0.29) is 24.3 Å². The molecule has 150 valence electrons. The van der Waals surface area contributed by atoms with Crippen LogP contribution in [0.25, 0.3) is 11.4 Å². The first kappa shape index (κ1) is 20.3. The van der Waals surface area contributed by atoms with E-state index in [0.717, 1.165) is 11.1 Å². The fourth-order valence-corrected chi connectivity index (χ4v) is 2.78. The first-order valence-electron chi connectivity index (χ1n) is 9.37. The van der Waals surface area contributed by atoms with E-state index in [4.69, 9.17) is 9.26 Å². The smallest absolute Gasteiger partial charge is 0.329 e. The van der Waals surface area contributed by atoms with E-state index in [1.807, 2.05) is 51.1 Å². The fraction of sp³-hybridized carbons (Fsp3) is 0.273. The van der Waals surface area contributed by atoms with Gasteiger partial charge in [0.2, 0.25) is 5.82 Å². The summed E-state index contributed by atoms with van der Waals surface area (Å²) in [5, 5.41) is 6.67. The number of aromatic nitrogens is 2. The van der Waals surface area contributed by atoms with Gasteiger partial charge < -0.3 is 14.6 Å². The molecule has 0 aliphatic heterocycles. The van der Waals surface area contributed by atoms with Gasteiger partial charge >= 0.3 is 5.97 Å². The number of rotatable bonds is 7. The Morgan fingerprint density at radius 1 is 1.07 bits per heavy atom. The molecule has 0 unspecified atom stereocenters. The zero-order valence-corrected chi connectivity index (χ0v) is 16.6. The fourth-order valence-electron chi connectivity index (χ4n) is 2.78. The minimum absolute atomic E-state index is 0.152. The summed E-state index contributed by atoms with van der Waals surface area (Å²) < 4.78 is 10.5. The molecule has 1 aromatic heterocycles. The quantitative estimate of drug-likeness (QED) is 0.617. The number of aryl methyl sites for hydroxylation is 1. The SMILES string of the molecule is Cc1ccccc1-c1noc(COC(=O)[C@@H](NC(=O)c2ccccc2)C(C)C)n1. The number of esters is 1. The predicted octanol–water partition coefficient (Wildman–Crippen LogP) is 3.54. The molecule has 1 atom stereocenters. The molecular formula is C22H23N3O4. The number of hydrogen-bond acceptors (Lipinski definition) is 6. The van der Waals surface area contributed by atoms with Gasteiger partial charge in [0.1, 0.15) is 6.04 Å². The third-order valence-corrected chi connectivity index (χ3v) is 4.44. The van der Waals surface area contributed by atoms with Gasteiger partial charge in [0.25, 0.3) is 11.8 Å². The Labute approximate surface area is 169 Å². The Balaban J connectivity index is 1.62. The maximum atomic E-state index is 12.5. The van der Waals surface area contributed by atoms with Crippen molar-refractivity contribution in [2.24, 2.45) is 5.92 Å². The molecule has 0 bridgehead atoms. The molecule has 1 N–H and O–H groups in total. The topological polar surface area (TPSA) is 94.3 Å². The summed E-state index contributed by atoms with van der Waals surface area (Å²) in [5.41, 5.74) is 2.34. The molecule has 0 spiro atoms. The number of nitrogens with one attached hydrogen (secondary N) is 1. The van der Waals surface area contributed by atoms with Gasteiger partial charge in [0.05, 0.1) is 0 Å². The molecule has 1 amide bonds. The summed E-state index contributed by atoms with van der Waals surface area (Å²) in [6.45, 7) is 5.45. The number of ether oxygens (including phenoxy) is 1. The first-order chi connectivity index (χ1) is 14.0. The van der Waals surface area contributed by atoms with Crippen molar-refractivity contribution in [2.45, 2.75) is 33.4 Å². The monoisotopic (exact) mass is 393 g/mol. The minimum atomic E-state index is -0.790. The summed E-state index contributed by atoms with van der Waals surface area (Å²) >= 11 is 0. The highest BCUT2D eigenvalue weighted by atomic mass is 16.6. The van der Waals surface area contributed by atoms with E-state index >= 15 is 0 Å². The number of carbonyl (C=O) groups is 2. The lowest BCUT2D eigenvalue weighted by Crippen LogP contribution is -2.45. The van der Waals surface area contributed by atoms with Crippen molar-refractivity contribution in [3.63, 3.8) is 0 Å². The second-order valence-electron chi connectivity index (χ2n) is 7.00. The molecule has 0 saturated carbocycles. The highest BCUT2D eigenvalue weighted by Crippen LogP contribution is 2.20. The van der Waals surface area contributed by atoms with E-state index in [1.165, 1.54) is 0 Å². The zero-order valence-electron chi connectivity index (χ0n) is 16.6. The van der Waals surface area contributed by atoms with Crippen molar-refractivity contribution in [3.8, 4) is 11.4 Å². The number of nitrogens with zero attached hydrogens (tertiary/aromatic N) is 2.